The predicted octanol–water partition coefficient (Wildman–Crippen LogP) is 1.84. The van der Waals surface area contributed by atoms with Gasteiger partial charge < -0.3 is 34.3 Å². The smallest absolute Gasteiger partial charge is 0.396 e. The molecular weight excluding hydrogens is 476 g/mol. The van der Waals surface area contributed by atoms with Gasteiger partial charge in [-0.1, -0.05) is 77.2 Å². The van der Waals surface area contributed by atoms with Crippen LogP contribution in [-0.4, -0.2) is 77.0 Å². The Morgan fingerprint density at radius 2 is 1.36 bits per heavy atom. The number of aliphatic hydroxyl groups excluding tert-OH is 3. The number of aliphatic hydroxyl groups is 3. The van der Waals surface area contributed by atoms with Crippen LogP contribution in [0.5, 0.6) is 0 Å². The molecule has 0 bridgehead atoms. The number of esters is 4. The van der Waals surface area contributed by atoms with Gasteiger partial charge in [0.2, 0.25) is 12.2 Å². The van der Waals surface area contributed by atoms with Crippen molar-refractivity contribution in [2.75, 3.05) is 19.8 Å². The van der Waals surface area contributed by atoms with Crippen molar-refractivity contribution in [1.29, 1.82) is 0 Å². The summed E-state index contributed by atoms with van der Waals surface area (Å²) in [6.45, 7) is -1.17. The lowest BCUT2D eigenvalue weighted by Crippen LogP contribution is -2.53. The van der Waals surface area contributed by atoms with Gasteiger partial charge in [-0.3, -0.25) is 0 Å². The van der Waals surface area contributed by atoms with Crippen molar-refractivity contribution in [2.45, 2.75) is 102 Å². The van der Waals surface area contributed by atoms with E-state index in [2.05, 4.69) is 11.7 Å². The number of ether oxygens (including phenoxy) is 4. The Hall–Kier alpha value is -2.50. The van der Waals surface area contributed by atoms with E-state index in [4.69, 9.17) is 14.2 Å². The molecular formula is C25H40O11. The topological polar surface area (TPSA) is 166 Å². The molecule has 0 aromatic rings. The average Bonchev–Trinajstić information content (AvgIpc) is 2.90. The van der Waals surface area contributed by atoms with E-state index in [0.717, 1.165) is 25.3 Å². The minimum Gasteiger partial charge on any atom is -0.445 e. The maximum atomic E-state index is 12.5. The van der Waals surface area contributed by atoms with E-state index >= 15 is 0 Å². The van der Waals surface area contributed by atoms with Crippen molar-refractivity contribution >= 4 is 23.9 Å². The maximum Gasteiger partial charge on any atom is 0.396 e. The van der Waals surface area contributed by atoms with E-state index in [-0.39, 0.29) is 0 Å². The van der Waals surface area contributed by atoms with Gasteiger partial charge in [0.05, 0.1) is 13.2 Å². The number of rotatable bonds is 17. The Kier molecular flexibility index (Phi) is 15.6. The zero-order valence-corrected chi connectivity index (χ0v) is 21.0. The Balaban J connectivity index is 2.53. The van der Waals surface area contributed by atoms with E-state index in [1.165, 1.54) is 57.4 Å². The molecule has 206 valence electrons. The Bertz CT molecular complexity index is 719. The molecule has 1 aliphatic heterocycles. The van der Waals surface area contributed by atoms with Gasteiger partial charge in [0.15, 0.2) is 0 Å². The Morgan fingerprint density at radius 3 is 1.89 bits per heavy atom. The molecule has 36 heavy (non-hydrogen) atoms. The quantitative estimate of drug-likeness (QED) is 0.112. The van der Waals surface area contributed by atoms with Crippen molar-refractivity contribution in [3.63, 3.8) is 0 Å². The largest absolute Gasteiger partial charge is 0.445 e. The second-order valence-electron chi connectivity index (χ2n) is 8.66. The maximum absolute atomic E-state index is 12.5. The van der Waals surface area contributed by atoms with Gasteiger partial charge in [-0.2, -0.15) is 0 Å². The summed E-state index contributed by atoms with van der Waals surface area (Å²) in [5, 5.41) is 28.3. The first-order chi connectivity index (χ1) is 17.3. The Labute approximate surface area is 211 Å². The number of carbonyl (C=O) groups is 4. The third-order valence-electron chi connectivity index (χ3n) is 5.64. The first kappa shape index (κ1) is 31.5. The van der Waals surface area contributed by atoms with Crippen LogP contribution in [0.25, 0.3) is 0 Å². The molecule has 3 N–H and O–H groups in total. The summed E-state index contributed by atoms with van der Waals surface area (Å²) in [5.74, 6) is -8.42. The summed E-state index contributed by atoms with van der Waals surface area (Å²) in [4.78, 5) is 48.9. The number of carbonyl (C=O) groups excluding carboxylic acids is 4. The monoisotopic (exact) mass is 516 g/mol. The Morgan fingerprint density at radius 1 is 0.833 bits per heavy atom. The van der Waals surface area contributed by atoms with Crippen molar-refractivity contribution in [1.82, 2.24) is 0 Å². The zero-order valence-electron chi connectivity index (χ0n) is 21.0. The fraction of sp³-hybridized carbons (Fsp3) is 0.760. The van der Waals surface area contributed by atoms with Gasteiger partial charge in [-0.05, 0) is 12.8 Å². The highest BCUT2D eigenvalue weighted by molar-refractivity contribution is 5.92. The standard InChI is InChI=1S/C25H40O11/c1-2-3-4-5-6-7-8-9-10-11-12-13-14-15-21(29)35-25(18-28)24(32)34-19(16-26)22(30)33-20(17-27)23(31)36-25/h14-15,19-20,26-28H,2-13,16-18H2,1H3/b15-14+. The van der Waals surface area contributed by atoms with Crippen LogP contribution in [0.2, 0.25) is 0 Å². The number of unbranched alkanes of at least 4 members (excludes halogenated alkanes) is 11. The lowest BCUT2D eigenvalue weighted by atomic mass is 10.1. The lowest BCUT2D eigenvalue weighted by molar-refractivity contribution is -0.249. The van der Waals surface area contributed by atoms with Crippen LogP contribution in [-0.2, 0) is 38.1 Å². The molecule has 0 amide bonds. The summed E-state index contributed by atoms with van der Waals surface area (Å²) >= 11 is 0. The van der Waals surface area contributed by atoms with Crippen molar-refractivity contribution < 1.29 is 53.4 Å². The summed E-state index contributed by atoms with van der Waals surface area (Å²) in [6, 6.07) is 0. The molecule has 3 unspecified atom stereocenters. The number of hydrogen-bond acceptors (Lipinski definition) is 11. The minimum atomic E-state index is -2.94. The van der Waals surface area contributed by atoms with E-state index in [1.807, 2.05) is 0 Å². The van der Waals surface area contributed by atoms with Gasteiger partial charge in [0, 0.05) is 6.08 Å². The summed E-state index contributed by atoms with van der Waals surface area (Å²) in [6.07, 6.45) is 12.4. The van der Waals surface area contributed by atoms with Gasteiger partial charge in [-0.25, -0.2) is 19.2 Å². The van der Waals surface area contributed by atoms with Crippen LogP contribution >= 0.6 is 0 Å². The van der Waals surface area contributed by atoms with Gasteiger partial charge in [0.25, 0.3) is 0 Å². The average molecular weight is 517 g/mol. The van der Waals surface area contributed by atoms with E-state index in [9.17, 15) is 34.5 Å². The molecule has 11 heteroatoms. The second kappa shape index (κ2) is 17.9. The molecule has 1 saturated heterocycles. The highest BCUT2D eigenvalue weighted by Gasteiger charge is 2.52. The molecule has 0 radical (unpaired) electrons. The summed E-state index contributed by atoms with van der Waals surface area (Å²) < 4.78 is 19.1. The van der Waals surface area contributed by atoms with Crippen molar-refractivity contribution in [3.8, 4) is 0 Å². The molecule has 0 spiro atoms. The van der Waals surface area contributed by atoms with Crippen LogP contribution in [0, 0.1) is 0 Å². The van der Waals surface area contributed by atoms with E-state index in [1.54, 1.807) is 0 Å². The van der Waals surface area contributed by atoms with Crippen LogP contribution in [0.3, 0.4) is 0 Å². The molecule has 3 atom stereocenters. The molecule has 0 aromatic heterocycles. The summed E-state index contributed by atoms with van der Waals surface area (Å²) in [7, 11) is 0. The zero-order chi connectivity index (χ0) is 26.8. The number of cyclic esters (lactones) is 3. The minimum absolute atomic E-state index is 0.573. The third-order valence-corrected chi connectivity index (χ3v) is 5.64. The molecule has 11 nitrogen and oxygen atoms in total. The molecule has 0 aliphatic carbocycles. The molecule has 0 aromatic carbocycles. The normalized spacial score (nSPS) is 22.8. The van der Waals surface area contributed by atoms with Crippen LogP contribution in [0.15, 0.2) is 12.2 Å². The van der Waals surface area contributed by atoms with E-state index in [0.29, 0.717) is 6.42 Å². The fourth-order valence-electron chi connectivity index (χ4n) is 3.52. The van der Waals surface area contributed by atoms with Crippen molar-refractivity contribution in [3.05, 3.63) is 12.2 Å². The first-order valence-corrected chi connectivity index (χ1v) is 12.7. The van der Waals surface area contributed by atoms with Crippen LogP contribution < -0.4 is 0 Å². The fourth-order valence-corrected chi connectivity index (χ4v) is 3.52. The molecule has 1 heterocycles. The highest BCUT2D eigenvalue weighted by Crippen LogP contribution is 2.22. The second-order valence-corrected chi connectivity index (χ2v) is 8.66. The van der Waals surface area contributed by atoms with Crippen LogP contribution in [0.1, 0.15) is 84.0 Å². The van der Waals surface area contributed by atoms with E-state index < -0.39 is 61.7 Å². The SMILES string of the molecule is CCCCCCCCCCCCC/C=C/C(=O)OC1(CO)OC(=O)C(CO)OC(=O)C(CO)OC1=O. The van der Waals surface area contributed by atoms with Gasteiger partial charge in [-0.15, -0.1) is 0 Å². The molecule has 0 saturated carbocycles. The lowest BCUT2D eigenvalue weighted by Gasteiger charge is -2.28. The number of allylic oxidation sites excluding steroid dienone is 1. The molecule has 1 aliphatic rings. The number of hydrogen-bond donors (Lipinski definition) is 3. The van der Waals surface area contributed by atoms with Gasteiger partial charge in [0.1, 0.15) is 6.61 Å². The van der Waals surface area contributed by atoms with Crippen molar-refractivity contribution in [2.24, 2.45) is 0 Å². The van der Waals surface area contributed by atoms with Crippen LogP contribution in [0.4, 0.5) is 0 Å². The molecule has 1 rings (SSSR count). The molecule has 1 fully saturated rings. The first-order valence-electron chi connectivity index (χ1n) is 12.7. The highest BCUT2D eigenvalue weighted by atomic mass is 16.8. The summed E-state index contributed by atoms with van der Waals surface area (Å²) in [5.41, 5.74) is 0. The third kappa shape index (κ3) is 11.0. The predicted molar refractivity (Wildman–Crippen MR) is 126 cm³/mol. The van der Waals surface area contributed by atoms with Gasteiger partial charge >= 0.3 is 29.7 Å².